The van der Waals surface area contributed by atoms with Gasteiger partial charge in [0.15, 0.2) is 0 Å². The molecular formula is C16H13N3O2. The lowest BCUT2D eigenvalue weighted by Gasteiger charge is -2.06. The Morgan fingerprint density at radius 2 is 1.71 bits per heavy atom. The van der Waals surface area contributed by atoms with Crippen LogP contribution in [0.4, 0.5) is 0 Å². The maximum Gasteiger partial charge on any atom is 0.322 e. The number of aromatic nitrogens is 3. The Labute approximate surface area is 122 Å². The summed E-state index contributed by atoms with van der Waals surface area (Å²) in [6, 6.07) is 15.2. The normalized spacial score (nSPS) is 10.1. The van der Waals surface area contributed by atoms with Crippen molar-refractivity contribution in [2.24, 2.45) is 0 Å². The molecule has 0 aliphatic heterocycles. The van der Waals surface area contributed by atoms with Crippen molar-refractivity contribution in [1.82, 2.24) is 15.0 Å². The van der Waals surface area contributed by atoms with Gasteiger partial charge in [-0.1, -0.05) is 18.2 Å². The smallest absolute Gasteiger partial charge is 0.322 e. The Hall–Kier alpha value is -2.95. The molecule has 2 heterocycles. The minimum atomic E-state index is 0.300. The predicted octanol–water partition coefficient (Wildman–Crippen LogP) is 3.34. The fourth-order valence-corrected chi connectivity index (χ4v) is 1.83. The molecule has 5 heteroatoms. The van der Waals surface area contributed by atoms with Crippen molar-refractivity contribution in [3.8, 4) is 28.9 Å². The Morgan fingerprint density at radius 3 is 2.52 bits per heavy atom. The molecule has 0 spiro atoms. The Bertz CT molecular complexity index is 732. The third-order valence-corrected chi connectivity index (χ3v) is 2.83. The van der Waals surface area contributed by atoms with Crippen molar-refractivity contribution >= 4 is 0 Å². The molecule has 0 radical (unpaired) electrons. The molecule has 21 heavy (non-hydrogen) atoms. The fourth-order valence-electron chi connectivity index (χ4n) is 1.83. The van der Waals surface area contributed by atoms with Crippen LogP contribution in [-0.4, -0.2) is 22.1 Å². The number of nitrogens with zero attached hydrogens (tertiary/aromatic N) is 3. The molecular weight excluding hydrogens is 266 g/mol. The van der Waals surface area contributed by atoms with Gasteiger partial charge in [-0.3, -0.25) is 0 Å². The summed E-state index contributed by atoms with van der Waals surface area (Å²) >= 11 is 0. The summed E-state index contributed by atoms with van der Waals surface area (Å²) in [6.45, 7) is 0. The van der Waals surface area contributed by atoms with E-state index in [2.05, 4.69) is 15.0 Å². The number of methoxy groups -OCH3 is 1. The first-order valence-corrected chi connectivity index (χ1v) is 6.41. The molecule has 5 nitrogen and oxygen atoms in total. The summed E-state index contributed by atoms with van der Waals surface area (Å²) in [5.41, 5.74) is 1.64. The second-order valence-corrected chi connectivity index (χ2v) is 4.23. The van der Waals surface area contributed by atoms with Gasteiger partial charge in [0.1, 0.15) is 5.75 Å². The molecule has 0 saturated heterocycles. The van der Waals surface area contributed by atoms with Gasteiger partial charge in [0, 0.05) is 24.0 Å². The van der Waals surface area contributed by atoms with Crippen LogP contribution >= 0.6 is 0 Å². The highest BCUT2D eigenvalue weighted by molar-refractivity contribution is 5.59. The number of ether oxygens (including phenoxy) is 2. The van der Waals surface area contributed by atoms with Crippen molar-refractivity contribution in [3.63, 3.8) is 0 Å². The van der Waals surface area contributed by atoms with Crippen molar-refractivity contribution in [2.45, 2.75) is 0 Å². The molecule has 104 valence electrons. The molecule has 0 aliphatic rings. The van der Waals surface area contributed by atoms with E-state index in [0.717, 1.165) is 11.3 Å². The van der Waals surface area contributed by atoms with Crippen LogP contribution in [0, 0.1) is 0 Å². The largest absolute Gasteiger partial charge is 0.481 e. The zero-order chi connectivity index (χ0) is 14.5. The summed E-state index contributed by atoms with van der Waals surface area (Å²) in [6.07, 6.45) is 3.33. The van der Waals surface area contributed by atoms with Crippen LogP contribution in [-0.2, 0) is 0 Å². The summed E-state index contributed by atoms with van der Waals surface area (Å²) in [5, 5.41) is 0. The molecule has 0 aliphatic carbocycles. The first-order chi connectivity index (χ1) is 10.3. The molecule has 1 aromatic carbocycles. The number of rotatable bonds is 4. The van der Waals surface area contributed by atoms with Crippen LogP contribution in [0.2, 0.25) is 0 Å². The molecule has 0 unspecified atom stereocenters. The van der Waals surface area contributed by atoms with Crippen LogP contribution in [0.15, 0.2) is 60.9 Å². The molecule has 3 aromatic rings. The Morgan fingerprint density at radius 1 is 0.905 bits per heavy atom. The second-order valence-electron chi connectivity index (χ2n) is 4.23. The van der Waals surface area contributed by atoms with E-state index in [1.807, 2.05) is 48.5 Å². The van der Waals surface area contributed by atoms with E-state index < -0.39 is 0 Å². The van der Waals surface area contributed by atoms with E-state index in [1.165, 1.54) is 0 Å². The fraction of sp³-hybridized carbons (Fsp3) is 0.0625. The quantitative estimate of drug-likeness (QED) is 0.733. The van der Waals surface area contributed by atoms with Gasteiger partial charge in [0.05, 0.1) is 12.8 Å². The van der Waals surface area contributed by atoms with Crippen molar-refractivity contribution < 1.29 is 9.47 Å². The molecule has 0 bridgehead atoms. The van der Waals surface area contributed by atoms with E-state index in [0.29, 0.717) is 17.6 Å². The first kappa shape index (κ1) is 13.1. The van der Waals surface area contributed by atoms with Gasteiger partial charge in [0.2, 0.25) is 5.88 Å². The van der Waals surface area contributed by atoms with Gasteiger partial charge in [-0.05, 0) is 24.3 Å². The highest BCUT2D eigenvalue weighted by Crippen LogP contribution is 2.23. The standard InChI is InChI=1S/C16H13N3O2/c1-20-15-11-12(7-9-17-15)14-8-10-18-16(19-14)21-13-5-3-2-4-6-13/h2-11H,1H3. The minimum Gasteiger partial charge on any atom is -0.481 e. The monoisotopic (exact) mass is 279 g/mol. The third-order valence-electron chi connectivity index (χ3n) is 2.83. The highest BCUT2D eigenvalue weighted by Gasteiger charge is 2.05. The lowest BCUT2D eigenvalue weighted by atomic mass is 10.2. The maximum absolute atomic E-state index is 5.63. The topological polar surface area (TPSA) is 57.1 Å². The zero-order valence-electron chi connectivity index (χ0n) is 11.4. The number of pyridine rings is 1. The van der Waals surface area contributed by atoms with Gasteiger partial charge in [-0.25, -0.2) is 9.97 Å². The lowest BCUT2D eigenvalue weighted by Crippen LogP contribution is -1.94. The van der Waals surface area contributed by atoms with Gasteiger partial charge < -0.3 is 9.47 Å². The van der Waals surface area contributed by atoms with Crippen molar-refractivity contribution in [1.29, 1.82) is 0 Å². The average molecular weight is 279 g/mol. The van der Waals surface area contributed by atoms with Crippen molar-refractivity contribution in [3.05, 3.63) is 60.9 Å². The van der Waals surface area contributed by atoms with Crippen LogP contribution in [0.3, 0.4) is 0 Å². The van der Waals surface area contributed by atoms with E-state index in [4.69, 9.17) is 9.47 Å². The van der Waals surface area contributed by atoms with E-state index in [-0.39, 0.29) is 0 Å². The Kier molecular flexibility index (Phi) is 3.73. The third kappa shape index (κ3) is 3.14. The van der Waals surface area contributed by atoms with E-state index >= 15 is 0 Å². The summed E-state index contributed by atoms with van der Waals surface area (Å²) in [4.78, 5) is 12.6. The molecule has 0 amide bonds. The van der Waals surface area contributed by atoms with Crippen molar-refractivity contribution in [2.75, 3.05) is 7.11 Å². The SMILES string of the molecule is COc1cc(-c2ccnc(Oc3ccccc3)n2)ccn1. The van der Waals surface area contributed by atoms with Crippen LogP contribution in [0.25, 0.3) is 11.3 Å². The summed E-state index contributed by atoms with van der Waals surface area (Å²) < 4.78 is 10.7. The number of hydrogen-bond acceptors (Lipinski definition) is 5. The van der Waals surface area contributed by atoms with E-state index in [1.54, 1.807) is 19.5 Å². The Balaban J connectivity index is 1.89. The first-order valence-electron chi connectivity index (χ1n) is 6.41. The number of para-hydroxylation sites is 1. The lowest BCUT2D eigenvalue weighted by molar-refractivity contribution is 0.398. The number of benzene rings is 1. The molecule has 0 N–H and O–H groups in total. The molecule has 2 aromatic heterocycles. The molecule has 0 saturated carbocycles. The van der Waals surface area contributed by atoms with Crippen LogP contribution in [0.1, 0.15) is 0 Å². The summed E-state index contributed by atoms with van der Waals surface area (Å²) in [5.74, 6) is 1.23. The predicted molar refractivity (Wildman–Crippen MR) is 78.3 cm³/mol. The molecule has 0 atom stereocenters. The zero-order valence-corrected chi connectivity index (χ0v) is 11.4. The van der Waals surface area contributed by atoms with Gasteiger partial charge >= 0.3 is 6.01 Å². The molecule has 3 rings (SSSR count). The average Bonchev–Trinajstić information content (AvgIpc) is 2.56. The maximum atomic E-state index is 5.63. The number of hydrogen-bond donors (Lipinski definition) is 0. The minimum absolute atomic E-state index is 0.300. The van der Waals surface area contributed by atoms with Crippen LogP contribution < -0.4 is 9.47 Å². The summed E-state index contributed by atoms with van der Waals surface area (Å²) in [7, 11) is 1.58. The highest BCUT2D eigenvalue weighted by atomic mass is 16.5. The molecule has 0 fully saturated rings. The van der Waals surface area contributed by atoms with E-state index in [9.17, 15) is 0 Å². The van der Waals surface area contributed by atoms with Gasteiger partial charge in [-0.15, -0.1) is 0 Å². The van der Waals surface area contributed by atoms with Gasteiger partial charge in [0.25, 0.3) is 0 Å². The second kappa shape index (κ2) is 6.00. The van der Waals surface area contributed by atoms with Gasteiger partial charge in [-0.2, -0.15) is 4.98 Å². The van der Waals surface area contributed by atoms with Crippen LogP contribution in [0.5, 0.6) is 17.6 Å².